The molecule has 1 N–H and O–H groups in total. The van der Waals surface area contributed by atoms with Crippen molar-refractivity contribution in [1.29, 1.82) is 0 Å². The maximum atomic E-state index is 13.7. The molecule has 2 atom stereocenters. The average Bonchev–Trinajstić information content (AvgIpc) is 2.91. The van der Waals surface area contributed by atoms with Crippen LogP contribution in [0.5, 0.6) is 0 Å². The molecule has 1 fully saturated rings. The number of halogens is 2. The minimum atomic E-state index is -0.636. The van der Waals surface area contributed by atoms with Crippen molar-refractivity contribution in [3.63, 3.8) is 0 Å². The van der Waals surface area contributed by atoms with E-state index < -0.39 is 17.7 Å². The molecule has 1 aliphatic rings. The summed E-state index contributed by atoms with van der Waals surface area (Å²) >= 11 is 1.89. The van der Waals surface area contributed by atoms with Crippen LogP contribution in [0.2, 0.25) is 0 Å². The molecule has 0 saturated carbocycles. The summed E-state index contributed by atoms with van der Waals surface area (Å²) in [6, 6.07) is 3.35. The number of nitrogens with one attached hydrogen (secondary N) is 1. The number of nitrogens with zero attached hydrogens (tertiary/aromatic N) is 1. The van der Waals surface area contributed by atoms with E-state index in [1.807, 2.05) is 23.7 Å². The Morgan fingerprint density at radius 1 is 1.52 bits per heavy atom. The van der Waals surface area contributed by atoms with Crippen LogP contribution in [-0.4, -0.2) is 41.9 Å². The average molecular weight is 314 g/mol. The summed E-state index contributed by atoms with van der Waals surface area (Å²) in [6.45, 7) is 1.98. The van der Waals surface area contributed by atoms with Gasteiger partial charge in [0.15, 0.2) is 0 Å². The van der Waals surface area contributed by atoms with E-state index in [-0.39, 0.29) is 5.91 Å². The van der Waals surface area contributed by atoms with Gasteiger partial charge in [-0.3, -0.25) is 9.69 Å². The van der Waals surface area contributed by atoms with Crippen LogP contribution in [-0.2, 0) is 4.79 Å². The fourth-order valence-corrected chi connectivity index (χ4v) is 3.74. The van der Waals surface area contributed by atoms with Gasteiger partial charge in [-0.1, -0.05) is 6.07 Å². The number of benzene rings is 1. The van der Waals surface area contributed by atoms with Crippen molar-refractivity contribution < 1.29 is 13.6 Å². The van der Waals surface area contributed by atoms with Gasteiger partial charge in [-0.25, -0.2) is 8.78 Å². The number of thioether (sulfide) groups is 1. The van der Waals surface area contributed by atoms with Crippen molar-refractivity contribution in [2.24, 2.45) is 0 Å². The summed E-state index contributed by atoms with van der Waals surface area (Å²) in [4.78, 5) is 14.0. The zero-order valence-corrected chi connectivity index (χ0v) is 13.1. The fourth-order valence-electron chi connectivity index (χ4n) is 2.44. The zero-order valence-electron chi connectivity index (χ0n) is 12.2. The Kier molecular flexibility index (Phi) is 5.58. The van der Waals surface area contributed by atoms with Crippen molar-refractivity contribution in [2.75, 3.05) is 25.1 Å². The molecule has 0 unspecified atom stereocenters. The van der Waals surface area contributed by atoms with Crippen LogP contribution in [0.3, 0.4) is 0 Å². The number of hydrogen-bond acceptors (Lipinski definition) is 3. The molecular weight excluding hydrogens is 294 g/mol. The molecular formula is C15H20F2N2OS. The normalized spacial score (nSPS) is 19.8. The molecule has 0 bridgehead atoms. The predicted molar refractivity (Wildman–Crippen MR) is 81.3 cm³/mol. The number of hydrogen-bond donors (Lipinski definition) is 1. The van der Waals surface area contributed by atoms with Crippen LogP contribution in [0, 0.1) is 11.6 Å². The molecule has 0 radical (unpaired) electrons. The second-order valence-corrected chi connectivity index (χ2v) is 6.54. The maximum Gasteiger partial charge on any atom is 0.234 e. The minimum Gasteiger partial charge on any atom is -0.348 e. The van der Waals surface area contributed by atoms with Crippen molar-refractivity contribution in [1.82, 2.24) is 10.2 Å². The van der Waals surface area contributed by atoms with E-state index in [2.05, 4.69) is 5.32 Å². The molecule has 6 heteroatoms. The predicted octanol–water partition coefficient (Wildman–Crippen LogP) is 2.58. The number of carbonyl (C=O) groups excluding carboxylic acids is 1. The van der Waals surface area contributed by atoms with Gasteiger partial charge in [-0.05, 0) is 32.2 Å². The summed E-state index contributed by atoms with van der Waals surface area (Å²) in [5, 5.41) is 2.76. The third-order valence-corrected chi connectivity index (χ3v) is 4.87. The van der Waals surface area contributed by atoms with E-state index in [0.717, 1.165) is 24.0 Å². The van der Waals surface area contributed by atoms with Crippen LogP contribution in [0.15, 0.2) is 18.2 Å². The summed E-state index contributed by atoms with van der Waals surface area (Å²) in [7, 11) is 1.93. The first kappa shape index (κ1) is 16.2. The molecule has 2 rings (SSSR count). The van der Waals surface area contributed by atoms with Crippen LogP contribution in [0.1, 0.15) is 24.9 Å². The van der Waals surface area contributed by atoms with Crippen LogP contribution in [0.4, 0.5) is 8.78 Å². The highest BCUT2D eigenvalue weighted by Gasteiger charge is 2.22. The Hall–Kier alpha value is -1.14. The molecule has 1 amide bonds. The number of rotatable bonds is 5. The van der Waals surface area contributed by atoms with Gasteiger partial charge in [0.05, 0.1) is 12.6 Å². The molecule has 3 nitrogen and oxygen atoms in total. The summed E-state index contributed by atoms with van der Waals surface area (Å²) < 4.78 is 26.5. The Bertz CT molecular complexity index is 506. The SMILES string of the molecule is C[C@@H](NC(=O)CN(C)[C@H]1CCSC1)c1ccc(F)cc1F. The van der Waals surface area contributed by atoms with Gasteiger partial charge in [-0.2, -0.15) is 11.8 Å². The highest BCUT2D eigenvalue weighted by atomic mass is 32.2. The Morgan fingerprint density at radius 2 is 2.29 bits per heavy atom. The second-order valence-electron chi connectivity index (χ2n) is 5.39. The van der Waals surface area contributed by atoms with Gasteiger partial charge >= 0.3 is 0 Å². The molecule has 116 valence electrons. The lowest BCUT2D eigenvalue weighted by Gasteiger charge is -2.24. The van der Waals surface area contributed by atoms with E-state index in [1.54, 1.807) is 6.92 Å². The number of likely N-dealkylation sites (N-methyl/N-ethyl adjacent to an activating group) is 1. The van der Waals surface area contributed by atoms with Gasteiger partial charge in [0.2, 0.25) is 5.91 Å². The van der Waals surface area contributed by atoms with E-state index in [4.69, 9.17) is 0 Å². The molecule has 0 spiro atoms. The molecule has 0 aromatic heterocycles. The lowest BCUT2D eigenvalue weighted by Crippen LogP contribution is -2.41. The van der Waals surface area contributed by atoms with Gasteiger partial charge in [-0.15, -0.1) is 0 Å². The van der Waals surface area contributed by atoms with Crippen molar-refractivity contribution in [2.45, 2.75) is 25.4 Å². The van der Waals surface area contributed by atoms with E-state index in [1.165, 1.54) is 12.1 Å². The van der Waals surface area contributed by atoms with Gasteiger partial charge in [0.1, 0.15) is 11.6 Å². The minimum absolute atomic E-state index is 0.148. The van der Waals surface area contributed by atoms with Gasteiger partial charge < -0.3 is 5.32 Å². The maximum absolute atomic E-state index is 13.7. The zero-order chi connectivity index (χ0) is 15.4. The lowest BCUT2D eigenvalue weighted by atomic mass is 10.1. The fraction of sp³-hybridized carbons (Fsp3) is 0.533. The van der Waals surface area contributed by atoms with Crippen LogP contribution in [0.25, 0.3) is 0 Å². The standard InChI is InChI=1S/C15H20F2N2OS/c1-10(13-4-3-11(16)7-14(13)17)18-15(20)8-19(2)12-5-6-21-9-12/h3-4,7,10,12H,5-6,8-9H2,1-2H3,(H,18,20)/t10-,12+/m1/s1. The van der Waals surface area contributed by atoms with Crippen molar-refractivity contribution in [3.05, 3.63) is 35.4 Å². The second kappa shape index (κ2) is 7.22. The van der Waals surface area contributed by atoms with Crippen molar-refractivity contribution in [3.8, 4) is 0 Å². The molecule has 21 heavy (non-hydrogen) atoms. The topological polar surface area (TPSA) is 32.3 Å². The summed E-state index contributed by atoms with van der Waals surface area (Å²) in [5.74, 6) is 0.780. The third-order valence-electron chi connectivity index (χ3n) is 3.73. The molecule has 1 aromatic rings. The molecule has 1 aromatic carbocycles. The Labute approximate surface area is 128 Å². The molecule has 1 saturated heterocycles. The first-order chi connectivity index (χ1) is 9.97. The van der Waals surface area contributed by atoms with Crippen LogP contribution < -0.4 is 5.32 Å². The van der Waals surface area contributed by atoms with Crippen LogP contribution >= 0.6 is 11.8 Å². The number of carbonyl (C=O) groups is 1. The highest BCUT2D eigenvalue weighted by molar-refractivity contribution is 7.99. The largest absolute Gasteiger partial charge is 0.348 e. The lowest BCUT2D eigenvalue weighted by molar-refractivity contribution is -0.123. The smallest absolute Gasteiger partial charge is 0.234 e. The molecule has 1 aliphatic heterocycles. The molecule has 1 heterocycles. The van der Waals surface area contributed by atoms with Gasteiger partial charge in [0.25, 0.3) is 0 Å². The summed E-state index contributed by atoms with van der Waals surface area (Å²) in [5.41, 5.74) is 0.295. The van der Waals surface area contributed by atoms with E-state index in [0.29, 0.717) is 18.2 Å². The van der Waals surface area contributed by atoms with E-state index >= 15 is 0 Å². The third kappa shape index (κ3) is 4.41. The van der Waals surface area contributed by atoms with Gasteiger partial charge in [0, 0.05) is 23.4 Å². The van der Waals surface area contributed by atoms with Crippen molar-refractivity contribution >= 4 is 17.7 Å². The number of amides is 1. The monoisotopic (exact) mass is 314 g/mol. The van der Waals surface area contributed by atoms with E-state index in [9.17, 15) is 13.6 Å². The summed E-state index contributed by atoms with van der Waals surface area (Å²) in [6.07, 6.45) is 1.09. The first-order valence-corrected chi connectivity index (χ1v) is 8.15. The molecule has 0 aliphatic carbocycles. The first-order valence-electron chi connectivity index (χ1n) is 6.99. The quantitative estimate of drug-likeness (QED) is 0.906. The highest BCUT2D eigenvalue weighted by Crippen LogP contribution is 2.21. The Morgan fingerprint density at radius 3 is 2.90 bits per heavy atom. The Balaban J connectivity index is 1.89.